The number of hydrogen-bond acceptors (Lipinski definition) is 3. The molecule has 0 unspecified atom stereocenters. The highest BCUT2D eigenvalue weighted by molar-refractivity contribution is 6.54. The van der Waals surface area contributed by atoms with E-state index >= 15 is 0 Å². The van der Waals surface area contributed by atoms with Crippen LogP contribution in [0, 0.1) is 13.8 Å². The van der Waals surface area contributed by atoms with Crippen molar-refractivity contribution in [3.05, 3.63) is 57.1 Å². The minimum Gasteiger partial charge on any atom is -0.493 e. The molecule has 1 amide bonds. The highest BCUT2D eigenvalue weighted by atomic mass is 35.5. The van der Waals surface area contributed by atoms with Crippen LogP contribution in [0.5, 0.6) is 5.75 Å². The number of Topliss-reactive ketones (excluding diaryl/α,β-unsaturated/α-hetero) is 1. The van der Waals surface area contributed by atoms with Crippen molar-refractivity contribution in [2.45, 2.75) is 26.7 Å². The molecule has 0 aliphatic carbocycles. The normalized spacial score (nSPS) is 13.3. The molecule has 0 N–H and O–H groups in total. The number of amides is 1. The van der Waals surface area contributed by atoms with E-state index < -0.39 is 11.7 Å². The molecule has 1 heterocycles. The lowest BCUT2D eigenvalue weighted by Gasteiger charge is -2.18. The second kappa shape index (κ2) is 7.68. The van der Waals surface area contributed by atoms with Gasteiger partial charge in [0.2, 0.25) is 0 Å². The van der Waals surface area contributed by atoms with E-state index in [-0.39, 0.29) is 5.56 Å². The monoisotopic (exact) mass is 391 g/mol. The first-order chi connectivity index (χ1) is 12.4. The third kappa shape index (κ3) is 3.57. The number of anilines is 1. The Hall–Kier alpha value is -2.04. The minimum atomic E-state index is -0.559. The molecule has 2 aromatic carbocycles. The molecule has 0 saturated carbocycles. The summed E-state index contributed by atoms with van der Waals surface area (Å²) in [5, 5.41) is 0.664. The Morgan fingerprint density at radius 2 is 1.85 bits per heavy atom. The van der Waals surface area contributed by atoms with Gasteiger partial charge < -0.3 is 9.64 Å². The Balaban J connectivity index is 1.59. The number of unbranched alkanes of at least 4 members (excludes halogenated alkanes) is 1. The molecule has 6 heteroatoms. The number of fused-ring (bicyclic) bond motifs is 1. The van der Waals surface area contributed by atoms with Crippen LogP contribution >= 0.6 is 23.2 Å². The maximum absolute atomic E-state index is 12.2. The van der Waals surface area contributed by atoms with Crippen molar-refractivity contribution in [1.82, 2.24) is 0 Å². The average molecular weight is 392 g/mol. The number of aryl methyl sites for hydroxylation is 1. The van der Waals surface area contributed by atoms with E-state index in [2.05, 4.69) is 0 Å². The van der Waals surface area contributed by atoms with Gasteiger partial charge in [0.05, 0.1) is 22.9 Å². The van der Waals surface area contributed by atoms with Gasteiger partial charge in [-0.3, -0.25) is 9.59 Å². The van der Waals surface area contributed by atoms with Gasteiger partial charge in [0.1, 0.15) is 5.75 Å². The second-order valence-corrected chi connectivity index (χ2v) is 7.17. The van der Waals surface area contributed by atoms with Gasteiger partial charge in [0.25, 0.3) is 11.7 Å². The van der Waals surface area contributed by atoms with Crippen LogP contribution in [0.4, 0.5) is 5.69 Å². The summed E-state index contributed by atoms with van der Waals surface area (Å²) in [5.74, 6) is -0.240. The summed E-state index contributed by atoms with van der Waals surface area (Å²) in [6, 6.07) is 9.00. The molecule has 1 aliphatic rings. The van der Waals surface area contributed by atoms with E-state index in [4.69, 9.17) is 27.9 Å². The number of ketones is 1. The Morgan fingerprint density at radius 3 is 2.62 bits per heavy atom. The molecule has 0 atom stereocenters. The SMILES string of the molecule is Cc1cccc(OCCCCN2C(=O)C(=O)c3cc(Cl)cc(Cl)c32)c1C. The fourth-order valence-corrected chi connectivity index (χ4v) is 3.60. The average Bonchev–Trinajstić information content (AvgIpc) is 2.83. The molecule has 0 radical (unpaired) electrons. The predicted molar refractivity (Wildman–Crippen MR) is 104 cm³/mol. The molecule has 0 bridgehead atoms. The molecular weight excluding hydrogens is 373 g/mol. The van der Waals surface area contributed by atoms with Crippen molar-refractivity contribution >= 4 is 40.6 Å². The fourth-order valence-electron chi connectivity index (χ4n) is 3.00. The molecule has 26 heavy (non-hydrogen) atoms. The first kappa shape index (κ1) is 18.7. The van der Waals surface area contributed by atoms with E-state index in [9.17, 15) is 9.59 Å². The van der Waals surface area contributed by atoms with Crippen LogP contribution < -0.4 is 9.64 Å². The predicted octanol–water partition coefficient (Wildman–Crippen LogP) is 5.00. The van der Waals surface area contributed by atoms with Crippen molar-refractivity contribution < 1.29 is 14.3 Å². The Kier molecular flexibility index (Phi) is 5.54. The van der Waals surface area contributed by atoms with E-state index in [0.29, 0.717) is 35.3 Å². The van der Waals surface area contributed by atoms with Crippen molar-refractivity contribution in [2.24, 2.45) is 0 Å². The van der Waals surface area contributed by atoms with E-state index in [1.165, 1.54) is 16.5 Å². The third-order valence-electron chi connectivity index (χ3n) is 4.57. The molecule has 3 rings (SSSR count). The van der Waals surface area contributed by atoms with Gasteiger partial charge in [0, 0.05) is 11.6 Å². The first-order valence-electron chi connectivity index (χ1n) is 8.44. The fraction of sp³-hybridized carbons (Fsp3) is 0.300. The van der Waals surface area contributed by atoms with Gasteiger partial charge in [-0.1, -0.05) is 35.3 Å². The molecular formula is C20H19Cl2NO3. The zero-order chi connectivity index (χ0) is 18.8. The zero-order valence-electron chi connectivity index (χ0n) is 14.6. The number of ether oxygens (including phenoxy) is 1. The molecule has 2 aromatic rings. The third-order valence-corrected chi connectivity index (χ3v) is 5.08. The van der Waals surface area contributed by atoms with E-state index in [0.717, 1.165) is 17.7 Å². The van der Waals surface area contributed by atoms with E-state index in [1.807, 2.05) is 32.0 Å². The van der Waals surface area contributed by atoms with Crippen LogP contribution in [0.1, 0.15) is 34.3 Å². The zero-order valence-corrected chi connectivity index (χ0v) is 16.2. The van der Waals surface area contributed by atoms with Crippen LogP contribution in [0.2, 0.25) is 10.0 Å². The topological polar surface area (TPSA) is 46.6 Å². The van der Waals surface area contributed by atoms with Crippen LogP contribution in [-0.4, -0.2) is 24.8 Å². The smallest absolute Gasteiger partial charge is 0.299 e. The number of benzene rings is 2. The molecule has 4 nitrogen and oxygen atoms in total. The molecule has 0 spiro atoms. The Bertz CT molecular complexity index is 880. The number of carbonyl (C=O) groups excluding carboxylic acids is 2. The summed E-state index contributed by atoms with van der Waals surface area (Å²) in [7, 11) is 0. The Morgan fingerprint density at radius 1 is 1.08 bits per heavy atom. The number of rotatable bonds is 6. The number of halogens is 2. The van der Waals surface area contributed by atoms with Crippen molar-refractivity contribution in [3.63, 3.8) is 0 Å². The molecule has 1 aliphatic heterocycles. The summed E-state index contributed by atoms with van der Waals surface area (Å²) in [5.41, 5.74) is 3.06. The second-order valence-electron chi connectivity index (χ2n) is 6.32. The quantitative estimate of drug-likeness (QED) is 0.514. The summed E-state index contributed by atoms with van der Waals surface area (Å²) < 4.78 is 5.83. The van der Waals surface area contributed by atoms with Crippen LogP contribution in [-0.2, 0) is 4.79 Å². The lowest BCUT2D eigenvalue weighted by atomic mass is 10.1. The van der Waals surface area contributed by atoms with Crippen LogP contribution in [0.3, 0.4) is 0 Å². The van der Waals surface area contributed by atoms with Gasteiger partial charge in [-0.15, -0.1) is 0 Å². The van der Waals surface area contributed by atoms with Gasteiger partial charge in [-0.2, -0.15) is 0 Å². The van der Waals surface area contributed by atoms with Crippen LogP contribution in [0.15, 0.2) is 30.3 Å². The van der Waals surface area contributed by atoms with E-state index in [1.54, 1.807) is 6.07 Å². The summed E-state index contributed by atoms with van der Waals surface area (Å²) >= 11 is 12.1. The number of hydrogen-bond donors (Lipinski definition) is 0. The highest BCUT2D eigenvalue weighted by Crippen LogP contribution is 2.38. The highest BCUT2D eigenvalue weighted by Gasteiger charge is 2.37. The summed E-state index contributed by atoms with van der Waals surface area (Å²) in [4.78, 5) is 25.8. The van der Waals surface area contributed by atoms with Crippen LogP contribution in [0.25, 0.3) is 0 Å². The standard InChI is InChI=1S/C20H19Cl2NO3/c1-12-6-5-7-17(13(12)2)26-9-4-3-8-23-18-15(19(24)20(23)25)10-14(21)11-16(18)22/h5-7,10-11H,3-4,8-9H2,1-2H3. The van der Waals surface area contributed by atoms with Gasteiger partial charge in [-0.25, -0.2) is 0 Å². The maximum Gasteiger partial charge on any atom is 0.299 e. The van der Waals surface area contributed by atoms with Gasteiger partial charge in [0.15, 0.2) is 0 Å². The first-order valence-corrected chi connectivity index (χ1v) is 9.20. The lowest BCUT2D eigenvalue weighted by Crippen LogP contribution is -2.31. The molecule has 136 valence electrons. The number of carbonyl (C=O) groups is 2. The molecule has 0 aromatic heterocycles. The van der Waals surface area contributed by atoms with Crippen molar-refractivity contribution in [2.75, 3.05) is 18.1 Å². The van der Waals surface area contributed by atoms with Crippen molar-refractivity contribution in [3.8, 4) is 5.75 Å². The van der Waals surface area contributed by atoms with Gasteiger partial charge >= 0.3 is 0 Å². The lowest BCUT2D eigenvalue weighted by molar-refractivity contribution is -0.114. The summed E-state index contributed by atoms with van der Waals surface area (Å²) in [6.45, 7) is 5.03. The van der Waals surface area contributed by atoms with Crippen molar-refractivity contribution in [1.29, 1.82) is 0 Å². The van der Waals surface area contributed by atoms with Gasteiger partial charge in [-0.05, 0) is 56.0 Å². The number of nitrogens with zero attached hydrogens (tertiary/aromatic N) is 1. The maximum atomic E-state index is 12.2. The minimum absolute atomic E-state index is 0.277. The largest absolute Gasteiger partial charge is 0.493 e. The summed E-state index contributed by atoms with van der Waals surface area (Å²) in [6.07, 6.45) is 1.45. The molecule has 0 fully saturated rings. The Labute approximate surface area is 162 Å². The molecule has 0 saturated heterocycles.